The minimum absolute atomic E-state index is 0.619. The average molecular weight is 293 g/mol. The second kappa shape index (κ2) is 6.76. The number of benzene rings is 2. The van der Waals surface area contributed by atoms with Crippen molar-refractivity contribution in [3.8, 4) is 11.1 Å². The van der Waals surface area contributed by atoms with E-state index in [1.807, 2.05) is 24.3 Å². The Kier molecular flexibility index (Phi) is 5.02. The number of rotatable bonds is 5. The topological polar surface area (TPSA) is 12.0 Å². The lowest BCUT2D eigenvalue weighted by Crippen LogP contribution is -2.13. The smallest absolute Gasteiger partial charge is 0.313 e. The van der Waals surface area contributed by atoms with E-state index >= 15 is 0 Å². The summed E-state index contributed by atoms with van der Waals surface area (Å²) in [4.78, 5) is 0. The highest BCUT2D eigenvalue weighted by molar-refractivity contribution is 5.64. The molecule has 0 amide bonds. The molecule has 1 N–H and O–H groups in total. The molecular formula is C17H18F3N. The van der Waals surface area contributed by atoms with E-state index < -0.39 is 11.7 Å². The molecule has 2 aromatic rings. The van der Waals surface area contributed by atoms with Gasteiger partial charge in [0.05, 0.1) is 5.56 Å². The minimum atomic E-state index is -4.28. The van der Waals surface area contributed by atoms with Gasteiger partial charge in [-0.25, -0.2) is 0 Å². The van der Waals surface area contributed by atoms with Gasteiger partial charge in [-0.3, -0.25) is 0 Å². The molecule has 0 fully saturated rings. The maximum Gasteiger partial charge on any atom is 0.416 e. The maximum atomic E-state index is 12.5. The van der Waals surface area contributed by atoms with Crippen LogP contribution in [0.3, 0.4) is 0 Å². The summed E-state index contributed by atoms with van der Waals surface area (Å²) >= 11 is 0. The van der Waals surface area contributed by atoms with E-state index in [9.17, 15) is 13.2 Å². The van der Waals surface area contributed by atoms with E-state index in [2.05, 4.69) is 12.2 Å². The third-order valence-corrected chi connectivity index (χ3v) is 3.26. The molecule has 0 aliphatic rings. The van der Waals surface area contributed by atoms with Gasteiger partial charge in [-0.15, -0.1) is 0 Å². The molecule has 0 saturated carbocycles. The van der Waals surface area contributed by atoms with Crippen LogP contribution in [0.4, 0.5) is 13.2 Å². The highest BCUT2D eigenvalue weighted by atomic mass is 19.4. The zero-order valence-corrected chi connectivity index (χ0v) is 11.9. The summed E-state index contributed by atoms with van der Waals surface area (Å²) in [5.41, 5.74) is 2.25. The Morgan fingerprint density at radius 1 is 0.857 bits per heavy atom. The summed E-state index contributed by atoms with van der Waals surface area (Å²) in [7, 11) is 0. The molecule has 0 aliphatic carbocycles. The third-order valence-electron chi connectivity index (χ3n) is 3.26. The van der Waals surface area contributed by atoms with Gasteiger partial charge in [0, 0.05) is 6.54 Å². The third kappa shape index (κ3) is 4.33. The van der Waals surface area contributed by atoms with Crippen LogP contribution in [-0.4, -0.2) is 6.54 Å². The monoisotopic (exact) mass is 293 g/mol. The Balaban J connectivity index is 2.08. The van der Waals surface area contributed by atoms with Gasteiger partial charge in [0.1, 0.15) is 0 Å². The molecule has 2 rings (SSSR count). The number of alkyl halides is 3. The summed E-state index contributed by atoms with van der Waals surface area (Å²) in [6.07, 6.45) is -3.20. The van der Waals surface area contributed by atoms with Crippen molar-refractivity contribution in [2.45, 2.75) is 26.1 Å². The molecular weight excluding hydrogens is 275 g/mol. The molecule has 0 atom stereocenters. The van der Waals surface area contributed by atoms with E-state index in [0.717, 1.165) is 42.8 Å². The Bertz CT molecular complexity index is 556. The van der Waals surface area contributed by atoms with Crippen molar-refractivity contribution in [1.29, 1.82) is 0 Å². The summed E-state index contributed by atoms with van der Waals surface area (Å²) in [6, 6.07) is 13.1. The van der Waals surface area contributed by atoms with Crippen LogP contribution >= 0.6 is 0 Å². The molecule has 0 aliphatic heterocycles. The van der Waals surface area contributed by atoms with Gasteiger partial charge >= 0.3 is 6.18 Å². The van der Waals surface area contributed by atoms with Crippen LogP contribution in [0.2, 0.25) is 0 Å². The van der Waals surface area contributed by atoms with E-state index in [1.54, 1.807) is 0 Å². The first-order valence-electron chi connectivity index (χ1n) is 6.98. The molecule has 0 heterocycles. The fourth-order valence-corrected chi connectivity index (χ4v) is 2.08. The van der Waals surface area contributed by atoms with Crippen LogP contribution in [0.1, 0.15) is 24.5 Å². The second-order valence-electron chi connectivity index (χ2n) is 4.95. The summed E-state index contributed by atoms with van der Waals surface area (Å²) in [5.74, 6) is 0. The molecule has 0 unspecified atom stereocenters. The summed E-state index contributed by atoms with van der Waals surface area (Å²) < 4.78 is 37.5. The van der Waals surface area contributed by atoms with Gasteiger partial charge in [0.2, 0.25) is 0 Å². The predicted octanol–water partition coefficient (Wildman–Crippen LogP) is 4.87. The maximum absolute atomic E-state index is 12.5. The first-order valence-corrected chi connectivity index (χ1v) is 6.98. The van der Waals surface area contributed by atoms with E-state index in [1.165, 1.54) is 17.7 Å². The number of halogens is 3. The van der Waals surface area contributed by atoms with Crippen molar-refractivity contribution in [1.82, 2.24) is 5.32 Å². The Hall–Kier alpha value is -1.81. The number of hydrogen-bond donors (Lipinski definition) is 1. The second-order valence-corrected chi connectivity index (χ2v) is 4.95. The molecule has 2 aromatic carbocycles. The lowest BCUT2D eigenvalue weighted by molar-refractivity contribution is -0.137. The van der Waals surface area contributed by atoms with Gasteiger partial charge in [0.25, 0.3) is 0 Å². The molecule has 4 heteroatoms. The lowest BCUT2D eigenvalue weighted by atomic mass is 10.0. The molecule has 0 bridgehead atoms. The quantitative estimate of drug-likeness (QED) is 0.775. The van der Waals surface area contributed by atoms with Crippen molar-refractivity contribution < 1.29 is 13.2 Å². The van der Waals surface area contributed by atoms with E-state index in [-0.39, 0.29) is 0 Å². The van der Waals surface area contributed by atoms with E-state index in [4.69, 9.17) is 0 Å². The minimum Gasteiger partial charge on any atom is -0.313 e. The fourth-order valence-electron chi connectivity index (χ4n) is 2.08. The predicted molar refractivity (Wildman–Crippen MR) is 78.9 cm³/mol. The lowest BCUT2D eigenvalue weighted by Gasteiger charge is -2.08. The van der Waals surface area contributed by atoms with Gasteiger partial charge in [0.15, 0.2) is 0 Å². The van der Waals surface area contributed by atoms with Gasteiger partial charge < -0.3 is 5.32 Å². The van der Waals surface area contributed by atoms with Crippen molar-refractivity contribution >= 4 is 0 Å². The Morgan fingerprint density at radius 3 is 1.86 bits per heavy atom. The molecule has 1 nitrogen and oxygen atoms in total. The normalized spacial score (nSPS) is 11.6. The average Bonchev–Trinajstić information content (AvgIpc) is 2.48. The van der Waals surface area contributed by atoms with Gasteiger partial charge in [-0.1, -0.05) is 43.3 Å². The van der Waals surface area contributed by atoms with Crippen LogP contribution < -0.4 is 5.32 Å². The van der Waals surface area contributed by atoms with Crippen molar-refractivity contribution in [2.24, 2.45) is 0 Å². The van der Waals surface area contributed by atoms with Crippen molar-refractivity contribution in [3.05, 3.63) is 59.7 Å². The summed E-state index contributed by atoms with van der Waals surface area (Å²) in [6.45, 7) is 3.89. The molecule has 21 heavy (non-hydrogen) atoms. The molecule has 0 spiro atoms. The largest absolute Gasteiger partial charge is 0.416 e. The van der Waals surface area contributed by atoms with Crippen LogP contribution in [0.15, 0.2) is 48.5 Å². The van der Waals surface area contributed by atoms with Gasteiger partial charge in [-0.05, 0) is 41.8 Å². The van der Waals surface area contributed by atoms with Crippen LogP contribution in [-0.2, 0) is 12.7 Å². The zero-order chi connectivity index (χ0) is 15.3. The number of nitrogens with one attached hydrogen (secondary N) is 1. The summed E-state index contributed by atoms with van der Waals surface area (Å²) in [5, 5.41) is 3.31. The Labute approximate surface area is 122 Å². The first-order chi connectivity index (χ1) is 10.0. The highest BCUT2D eigenvalue weighted by Gasteiger charge is 2.29. The first kappa shape index (κ1) is 15.6. The zero-order valence-electron chi connectivity index (χ0n) is 11.9. The number of hydrogen-bond acceptors (Lipinski definition) is 1. The van der Waals surface area contributed by atoms with Gasteiger partial charge in [-0.2, -0.15) is 13.2 Å². The molecule has 0 radical (unpaired) electrons. The van der Waals surface area contributed by atoms with Crippen LogP contribution in [0.5, 0.6) is 0 Å². The SMILES string of the molecule is CCCNCc1ccc(-c2ccc(C(F)(F)F)cc2)cc1. The molecule has 0 aromatic heterocycles. The molecule has 0 saturated heterocycles. The highest BCUT2D eigenvalue weighted by Crippen LogP contribution is 2.30. The molecule has 112 valence electrons. The van der Waals surface area contributed by atoms with Crippen molar-refractivity contribution in [3.63, 3.8) is 0 Å². The van der Waals surface area contributed by atoms with Crippen LogP contribution in [0.25, 0.3) is 11.1 Å². The van der Waals surface area contributed by atoms with E-state index in [0.29, 0.717) is 0 Å². The fraction of sp³-hybridized carbons (Fsp3) is 0.294. The standard InChI is InChI=1S/C17H18F3N/c1-2-11-21-12-13-3-5-14(6-4-13)15-7-9-16(10-8-15)17(18,19)20/h3-10,21H,2,11-12H2,1H3. The van der Waals surface area contributed by atoms with Crippen molar-refractivity contribution in [2.75, 3.05) is 6.54 Å². The Morgan fingerprint density at radius 2 is 1.38 bits per heavy atom. The van der Waals surface area contributed by atoms with Crippen LogP contribution in [0, 0.1) is 0 Å².